The van der Waals surface area contributed by atoms with E-state index in [2.05, 4.69) is 51.0 Å². The highest BCUT2D eigenvalue weighted by molar-refractivity contribution is 9.11. The van der Waals surface area contributed by atoms with Crippen LogP contribution in [0.25, 0.3) is 10.9 Å². The fraction of sp³-hybridized carbons (Fsp3) is 0.0769. The molecule has 2 aromatic heterocycles. The molecule has 3 aromatic rings. The van der Waals surface area contributed by atoms with Crippen LogP contribution < -0.4 is 0 Å². The Bertz CT molecular complexity index is 671. The molecule has 1 aromatic carbocycles. The predicted molar refractivity (Wildman–Crippen MR) is 78.1 cm³/mol. The maximum atomic E-state index is 5.98. The first kappa shape index (κ1) is 11.3. The van der Waals surface area contributed by atoms with Gasteiger partial charge in [0, 0.05) is 27.0 Å². The summed E-state index contributed by atoms with van der Waals surface area (Å²) in [5, 5.41) is 1.97. The Balaban J connectivity index is 2.00. The van der Waals surface area contributed by atoms with Gasteiger partial charge < -0.3 is 4.57 Å². The minimum atomic E-state index is 0.786. The first-order valence-corrected chi connectivity index (χ1v) is 7.20. The molecule has 0 spiro atoms. The summed E-state index contributed by atoms with van der Waals surface area (Å²) in [5.74, 6) is 0. The van der Waals surface area contributed by atoms with E-state index in [1.54, 1.807) is 11.3 Å². The topological polar surface area (TPSA) is 4.93 Å². The molecule has 3 rings (SSSR count). The molecule has 0 aliphatic heterocycles. The second-order valence-corrected chi connectivity index (χ2v) is 6.84. The summed E-state index contributed by atoms with van der Waals surface area (Å²) >= 11 is 11.2. The number of aromatic nitrogens is 1. The molecule has 1 nitrogen and oxygen atoms in total. The van der Waals surface area contributed by atoms with E-state index in [1.165, 1.54) is 19.6 Å². The van der Waals surface area contributed by atoms with E-state index >= 15 is 0 Å². The third kappa shape index (κ3) is 2.28. The van der Waals surface area contributed by atoms with E-state index in [9.17, 15) is 0 Å². The lowest BCUT2D eigenvalue weighted by molar-refractivity contribution is 0.852. The van der Waals surface area contributed by atoms with Crippen molar-refractivity contribution in [2.45, 2.75) is 6.54 Å². The second-order valence-electron chi connectivity index (χ2n) is 3.85. The summed E-state index contributed by atoms with van der Waals surface area (Å²) in [6, 6.07) is 12.3. The van der Waals surface area contributed by atoms with Gasteiger partial charge in [0.2, 0.25) is 0 Å². The monoisotopic (exact) mass is 325 g/mol. The van der Waals surface area contributed by atoms with E-state index < -0.39 is 0 Å². The predicted octanol–water partition coefficient (Wildman–Crippen LogP) is 5.17. The van der Waals surface area contributed by atoms with Gasteiger partial charge in [-0.25, -0.2) is 0 Å². The van der Waals surface area contributed by atoms with Crippen LogP contribution in [-0.4, -0.2) is 4.57 Å². The second kappa shape index (κ2) is 4.48. The molecule has 0 radical (unpaired) electrons. The average Bonchev–Trinajstić information content (AvgIpc) is 2.86. The largest absolute Gasteiger partial charge is 0.342 e. The zero-order chi connectivity index (χ0) is 11.8. The van der Waals surface area contributed by atoms with Crippen LogP contribution in [-0.2, 0) is 6.54 Å². The molecule has 2 heterocycles. The van der Waals surface area contributed by atoms with Crippen LogP contribution in [0.5, 0.6) is 0 Å². The molecule has 4 heteroatoms. The summed E-state index contributed by atoms with van der Waals surface area (Å²) in [5.41, 5.74) is 1.22. The zero-order valence-corrected chi connectivity index (χ0v) is 12.0. The van der Waals surface area contributed by atoms with Crippen LogP contribution in [0.2, 0.25) is 5.02 Å². The van der Waals surface area contributed by atoms with Gasteiger partial charge in [0.25, 0.3) is 0 Å². The molecule has 86 valence electrons. The smallest absolute Gasteiger partial charge is 0.0702 e. The lowest BCUT2D eigenvalue weighted by Crippen LogP contribution is -1.94. The number of thiophene rings is 1. The van der Waals surface area contributed by atoms with E-state index in [1.807, 2.05) is 12.1 Å². The minimum Gasteiger partial charge on any atom is -0.342 e. The van der Waals surface area contributed by atoms with Gasteiger partial charge in [0.15, 0.2) is 0 Å². The molecule has 0 unspecified atom stereocenters. The van der Waals surface area contributed by atoms with Gasteiger partial charge in [-0.05, 0) is 52.3 Å². The van der Waals surface area contributed by atoms with Crippen molar-refractivity contribution in [1.82, 2.24) is 4.57 Å². The van der Waals surface area contributed by atoms with Crippen LogP contribution in [0.4, 0.5) is 0 Å². The first-order chi connectivity index (χ1) is 8.22. The summed E-state index contributed by atoms with van der Waals surface area (Å²) in [6.07, 6.45) is 2.11. The fourth-order valence-corrected chi connectivity index (χ4v) is 3.58. The Hall–Kier alpha value is -0.770. The maximum absolute atomic E-state index is 5.98. The van der Waals surface area contributed by atoms with Crippen molar-refractivity contribution < 1.29 is 0 Å². The van der Waals surface area contributed by atoms with Crippen LogP contribution in [0.3, 0.4) is 0 Å². The van der Waals surface area contributed by atoms with Crippen LogP contribution in [0.15, 0.2) is 46.4 Å². The SMILES string of the molecule is Clc1ccc2c(ccn2Cc2ccc(Br)s2)c1. The van der Waals surface area contributed by atoms with E-state index in [-0.39, 0.29) is 0 Å². The molecular formula is C13H9BrClNS. The van der Waals surface area contributed by atoms with Crippen molar-refractivity contribution in [3.05, 3.63) is 56.3 Å². The van der Waals surface area contributed by atoms with Gasteiger partial charge in [0.05, 0.1) is 10.3 Å². The number of nitrogens with zero attached hydrogens (tertiary/aromatic N) is 1. The first-order valence-electron chi connectivity index (χ1n) is 5.21. The number of rotatable bonds is 2. The lowest BCUT2D eigenvalue weighted by Gasteiger charge is -2.03. The Labute approximate surface area is 117 Å². The summed E-state index contributed by atoms with van der Waals surface area (Å²) in [4.78, 5) is 1.34. The van der Waals surface area contributed by atoms with Gasteiger partial charge in [-0.15, -0.1) is 11.3 Å². The van der Waals surface area contributed by atoms with E-state index in [0.717, 1.165) is 11.6 Å². The van der Waals surface area contributed by atoms with Gasteiger partial charge >= 0.3 is 0 Å². The number of hydrogen-bond donors (Lipinski definition) is 0. The highest BCUT2D eigenvalue weighted by Gasteiger charge is 2.04. The molecule has 0 fully saturated rings. The van der Waals surface area contributed by atoms with Gasteiger partial charge in [-0.3, -0.25) is 0 Å². The quantitative estimate of drug-likeness (QED) is 0.612. The van der Waals surface area contributed by atoms with Crippen LogP contribution in [0, 0.1) is 0 Å². The van der Waals surface area contributed by atoms with Crippen LogP contribution >= 0.6 is 38.9 Å². The molecule has 17 heavy (non-hydrogen) atoms. The zero-order valence-electron chi connectivity index (χ0n) is 8.86. The summed E-state index contributed by atoms with van der Waals surface area (Å²) in [7, 11) is 0. The molecule has 0 amide bonds. The molecular weight excluding hydrogens is 318 g/mol. The molecule has 0 atom stereocenters. The van der Waals surface area contributed by atoms with Crippen molar-refractivity contribution >= 4 is 49.8 Å². The van der Waals surface area contributed by atoms with Gasteiger partial charge in [-0.1, -0.05) is 11.6 Å². The third-order valence-corrected chi connectivity index (χ3v) is 4.53. The van der Waals surface area contributed by atoms with Crippen molar-refractivity contribution in [2.75, 3.05) is 0 Å². The van der Waals surface area contributed by atoms with E-state index in [0.29, 0.717) is 0 Å². The molecule has 0 N–H and O–H groups in total. The Morgan fingerprint density at radius 1 is 1.18 bits per heavy atom. The highest BCUT2D eigenvalue weighted by atomic mass is 79.9. The number of halogens is 2. The number of hydrogen-bond acceptors (Lipinski definition) is 1. The molecule has 0 aliphatic rings. The molecule has 0 aliphatic carbocycles. The van der Waals surface area contributed by atoms with Crippen LogP contribution in [0.1, 0.15) is 4.88 Å². The third-order valence-electron chi connectivity index (χ3n) is 2.69. The van der Waals surface area contributed by atoms with Crippen molar-refractivity contribution in [3.63, 3.8) is 0 Å². The minimum absolute atomic E-state index is 0.786. The Morgan fingerprint density at radius 2 is 2.06 bits per heavy atom. The maximum Gasteiger partial charge on any atom is 0.0702 e. The van der Waals surface area contributed by atoms with Crippen molar-refractivity contribution in [3.8, 4) is 0 Å². The van der Waals surface area contributed by atoms with Crippen molar-refractivity contribution in [2.24, 2.45) is 0 Å². The summed E-state index contributed by atoms with van der Waals surface area (Å²) in [6.45, 7) is 0.904. The van der Waals surface area contributed by atoms with Crippen molar-refractivity contribution in [1.29, 1.82) is 0 Å². The standard InChI is InChI=1S/C13H9BrClNS/c14-13-4-2-11(17-13)8-16-6-5-9-7-10(15)1-3-12(9)16/h1-7H,8H2. The fourth-order valence-electron chi connectivity index (χ4n) is 1.91. The molecule has 0 saturated heterocycles. The Morgan fingerprint density at radius 3 is 2.82 bits per heavy atom. The number of benzene rings is 1. The Kier molecular flexibility index (Phi) is 2.99. The highest BCUT2D eigenvalue weighted by Crippen LogP contribution is 2.25. The van der Waals surface area contributed by atoms with Gasteiger partial charge in [0.1, 0.15) is 0 Å². The number of fused-ring (bicyclic) bond motifs is 1. The van der Waals surface area contributed by atoms with E-state index in [4.69, 9.17) is 11.6 Å². The molecule has 0 bridgehead atoms. The summed E-state index contributed by atoms with van der Waals surface area (Å²) < 4.78 is 3.41. The molecule has 0 saturated carbocycles. The van der Waals surface area contributed by atoms with Gasteiger partial charge in [-0.2, -0.15) is 0 Å². The lowest BCUT2D eigenvalue weighted by atomic mass is 10.2. The normalized spacial score (nSPS) is 11.2. The average molecular weight is 327 g/mol.